The molecule has 0 aliphatic carbocycles. The maximum absolute atomic E-state index is 12.5. The van der Waals surface area contributed by atoms with Gasteiger partial charge in [-0.25, -0.2) is 9.97 Å². The molecule has 1 aromatic heterocycles. The van der Waals surface area contributed by atoms with Crippen molar-refractivity contribution >= 4 is 17.5 Å². The first-order valence-electron chi connectivity index (χ1n) is 8.62. The number of hydrogen-bond acceptors (Lipinski definition) is 4. The second kappa shape index (κ2) is 9.01. The van der Waals surface area contributed by atoms with E-state index in [-0.39, 0.29) is 5.91 Å². The molecule has 0 fully saturated rings. The number of carbonyl (C=O) groups excluding carboxylic acids is 1. The van der Waals surface area contributed by atoms with Crippen LogP contribution in [0.25, 0.3) is 0 Å². The van der Waals surface area contributed by atoms with E-state index in [1.54, 1.807) is 12.3 Å². The summed E-state index contributed by atoms with van der Waals surface area (Å²) >= 11 is 0. The van der Waals surface area contributed by atoms with Crippen molar-refractivity contribution in [1.29, 1.82) is 0 Å². The Morgan fingerprint density at radius 2 is 2.00 bits per heavy atom. The van der Waals surface area contributed by atoms with E-state index >= 15 is 0 Å². The van der Waals surface area contributed by atoms with E-state index in [0.29, 0.717) is 11.6 Å². The lowest BCUT2D eigenvalue weighted by molar-refractivity contribution is 0.102. The summed E-state index contributed by atoms with van der Waals surface area (Å²) < 4.78 is 0. The molecular weight excluding hydrogens is 300 g/mol. The SMILES string of the molecule is CCCCCNc1nccc(C(=O)Nc2c(C)cccc2CC)n1. The highest BCUT2D eigenvalue weighted by molar-refractivity contribution is 6.03. The Hall–Kier alpha value is -2.43. The van der Waals surface area contributed by atoms with Crippen LogP contribution < -0.4 is 10.6 Å². The Labute approximate surface area is 143 Å². The summed E-state index contributed by atoms with van der Waals surface area (Å²) in [6, 6.07) is 7.67. The van der Waals surface area contributed by atoms with Crippen LogP contribution in [-0.2, 0) is 6.42 Å². The van der Waals surface area contributed by atoms with Crippen LogP contribution in [0.1, 0.15) is 54.7 Å². The summed E-state index contributed by atoms with van der Waals surface area (Å²) in [6.45, 7) is 7.05. The lowest BCUT2D eigenvalue weighted by Crippen LogP contribution is -2.17. The molecule has 1 amide bonds. The van der Waals surface area contributed by atoms with E-state index in [4.69, 9.17) is 0 Å². The number of benzene rings is 1. The number of hydrogen-bond donors (Lipinski definition) is 2. The van der Waals surface area contributed by atoms with Gasteiger partial charge in [-0.05, 0) is 37.0 Å². The smallest absolute Gasteiger partial charge is 0.274 e. The molecule has 0 aliphatic heterocycles. The molecule has 0 atom stereocenters. The van der Waals surface area contributed by atoms with Gasteiger partial charge in [0.25, 0.3) is 5.91 Å². The van der Waals surface area contributed by atoms with Gasteiger partial charge in [-0.1, -0.05) is 44.9 Å². The maximum atomic E-state index is 12.5. The van der Waals surface area contributed by atoms with Crippen molar-refractivity contribution in [2.24, 2.45) is 0 Å². The zero-order valence-corrected chi connectivity index (χ0v) is 14.7. The number of anilines is 2. The largest absolute Gasteiger partial charge is 0.354 e. The molecule has 5 nitrogen and oxygen atoms in total. The van der Waals surface area contributed by atoms with Gasteiger partial charge in [0.1, 0.15) is 5.69 Å². The fourth-order valence-corrected chi connectivity index (χ4v) is 2.53. The molecule has 0 unspecified atom stereocenters. The Morgan fingerprint density at radius 1 is 1.17 bits per heavy atom. The van der Waals surface area contributed by atoms with Crippen LogP contribution in [-0.4, -0.2) is 22.4 Å². The first kappa shape index (κ1) is 17.9. The molecule has 2 N–H and O–H groups in total. The van der Waals surface area contributed by atoms with Crippen molar-refractivity contribution < 1.29 is 4.79 Å². The van der Waals surface area contributed by atoms with E-state index in [2.05, 4.69) is 34.4 Å². The third kappa shape index (κ3) is 4.78. The third-order valence-electron chi connectivity index (χ3n) is 3.93. The Balaban J connectivity index is 2.08. The lowest BCUT2D eigenvalue weighted by Gasteiger charge is -2.13. The van der Waals surface area contributed by atoms with E-state index in [1.165, 1.54) is 12.8 Å². The number of nitrogens with zero attached hydrogens (tertiary/aromatic N) is 2. The number of amides is 1. The van der Waals surface area contributed by atoms with Crippen molar-refractivity contribution in [2.45, 2.75) is 46.5 Å². The standard InChI is InChI=1S/C19H26N4O/c1-4-6-7-12-20-19-21-13-11-16(22-19)18(24)23-17-14(3)9-8-10-15(17)5-2/h8-11,13H,4-7,12H2,1-3H3,(H,23,24)(H,20,21,22). The average molecular weight is 326 g/mol. The molecular formula is C19H26N4O. The predicted octanol–water partition coefficient (Wildman–Crippen LogP) is 4.20. The number of unbranched alkanes of at least 4 members (excludes halogenated alkanes) is 2. The highest BCUT2D eigenvalue weighted by atomic mass is 16.1. The van der Waals surface area contributed by atoms with E-state index < -0.39 is 0 Å². The zero-order valence-electron chi connectivity index (χ0n) is 14.7. The highest BCUT2D eigenvalue weighted by Gasteiger charge is 2.12. The van der Waals surface area contributed by atoms with Crippen LogP contribution in [0, 0.1) is 6.92 Å². The van der Waals surface area contributed by atoms with Crippen molar-refractivity contribution in [1.82, 2.24) is 9.97 Å². The molecule has 0 bridgehead atoms. The van der Waals surface area contributed by atoms with E-state index in [1.807, 2.05) is 25.1 Å². The van der Waals surface area contributed by atoms with Crippen molar-refractivity contribution in [3.8, 4) is 0 Å². The molecule has 24 heavy (non-hydrogen) atoms. The molecule has 128 valence electrons. The first-order chi connectivity index (χ1) is 11.7. The van der Waals surface area contributed by atoms with Gasteiger partial charge in [0.15, 0.2) is 0 Å². The van der Waals surface area contributed by atoms with Gasteiger partial charge in [0.05, 0.1) is 0 Å². The van der Waals surface area contributed by atoms with Gasteiger partial charge >= 0.3 is 0 Å². The number of nitrogens with one attached hydrogen (secondary N) is 2. The van der Waals surface area contributed by atoms with Gasteiger partial charge in [-0.2, -0.15) is 0 Å². The predicted molar refractivity (Wildman–Crippen MR) is 98.6 cm³/mol. The molecule has 0 aliphatic rings. The molecule has 2 aromatic rings. The summed E-state index contributed by atoms with van der Waals surface area (Å²) in [7, 11) is 0. The van der Waals surface area contributed by atoms with Crippen LogP contribution in [0.2, 0.25) is 0 Å². The molecule has 5 heteroatoms. The third-order valence-corrected chi connectivity index (χ3v) is 3.93. The second-order valence-electron chi connectivity index (χ2n) is 5.82. The second-order valence-corrected chi connectivity index (χ2v) is 5.82. The number of aromatic nitrogens is 2. The monoisotopic (exact) mass is 326 g/mol. The minimum Gasteiger partial charge on any atom is -0.354 e. The number of para-hydroxylation sites is 1. The van der Waals surface area contributed by atoms with Gasteiger partial charge < -0.3 is 10.6 Å². The fourth-order valence-electron chi connectivity index (χ4n) is 2.53. The average Bonchev–Trinajstić information content (AvgIpc) is 2.60. The number of rotatable bonds is 8. The van der Waals surface area contributed by atoms with E-state index in [0.717, 1.165) is 36.2 Å². The van der Waals surface area contributed by atoms with Crippen LogP contribution in [0.5, 0.6) is 0 Å². The van der Waals surface area contributed by atoms with Crippen molar-refractivity contribution in [3.05, 3.63) is 47.3 Å². The normalized spacial score (nSPS) is 10.5. The van der Waals surface area contributed by atoms with Gasteiger partial charge in [0.2, 0.25) is 5.95 Å². The van der Waals surface area contributed by atoms with Crippen LogP contribution in [0.15, 0.2) is 30.5 Å². The summed E-state index contributed by atoms with van der Waals surface area (Å²) in [5.41, 5.74) is 3.42. The summed E-state index contributed by atoms with van der Waals surface area (Å²) in [6.07, 6.45) is 5.88. The maximum Gasteiger partial charge on any atom is 0.274 e. The highest BCUT2D eigenvalue weighted by Crippen LogP contribution is 2.21. The molecule has 0 saturated carbocycles. The first-order valence-corrected chi connectivity index (χ1v) is 8.62. The number of aryl methyl sites for hydroxylation is 2. The van der Waals surface area contributed by atoms with Crippen LogP contribution in [0.4, 0.5) is 11.6 Å². The Morgan fingerprint density at radius 3 is 2.75 bits per heavy atom. The summed E-state index contributed by atoms with van der Waals surface area (Å²) in [5, 5.41) is 6.16. The Kier molecular flexibility index (Phi) is 6.73. The van der Waals surface area contributed by atoms with Crippen LogP contribution >= 0.6 is 0 Å². The van der Waals surface area contributed by atoms with Crippen LogP contribution in [0.3, 0.4) is 0 Å². The summed E-state index contributed by atoms with van der Waals surface area (Å²) in [5.74, 6) is 0.289. The number of carbonyl (C=O) groups is 1. The fraction of sp³-hybridized carbons (Fsp3) is 0.421. The van der Waals surface area contributed by atoms with Crippen molar-refractivity contribution in [3.63, 3.8) is 0 Å². The molecule has 1 aromatic carbocycles. The minimum absolute atomic E-state index is 0.210. The van der Waals surface area contributed by atoms with Gasteiger partial charge in [0, 0.05) is 18.4 Å². The topological polar surface area (TPSA) is 66.9 Å². The molecule has 0 radical (unpaired) electrons. The molecule has 2 rings (SSSR count). The van der Waals surface area contributed by atoms with Crippen molar-refractivity contribution in [2.75, 3.05) is 17.2 Å². The van der Waals surface area contributed by atoms with Gasteiger partial charge in [-0.15, -0.1) is 0 Å². The quantitative estimate of drug-likeness (QED) is 0.713. The lowest BCUT2D eigenvalue weighted by atomic mass is 10.1. The molecule has 0 spiro atoms. The molecule has 1 heterocycles. The van der Waals surface area contributed by atoms with E-state index in [9.17, 15) is 4.79 Å². The minimum atomic E-state index is -0.210. The van der Waals surface area contributed by atoms with Gasteiger partial charge in [-0.3, -0.25) is 4.79 Å². The Bertz CT molecular complexity index is 685. The molecule has 0 saturated heterocycles. The zero-order chi connectivity index (χ0) is 17.4. The summed E-state index contributed by atoms with van der Waals surface area (Å²) in [4.78, 5) is 21.0.